The van der Waals surface area contributed by atoms with Gasteiger partial charge in [0.15, 0.2) is 5.16 Å². The van der Waals surface area contributed by atoms with E-state index in [1.54, 1.807) is 23.8 Å². The lowest BCUT2D eigenvalue weighted by molar-refractivity contribution is 0.593. The predicted octanol–water partition coefficient (Wildman–Crippen LogP) is 3.79. The standard InChI is InChI=1S/C18H19FN4OS/c1-9(2)23-16-11(8-21-18(22-16)25-4)6-13(17(23)24)12-7-15(20)14(19)5-10(12)3/h5-9H,20H2,1-4H3. The molecule has 0 aliphatic heterocycles. The largest absolute Gasteiger partial charge is 0.396 e. The highest BCUT2D eigenvalue weighted by atomic mass is 32.2. The molecule has 0 bridgehead atoms. The van der Waals surface area contributed by atoms with Crippen molar-refractivity contribution < 1.29 is 4.39 Å². The summed E-state index contributed by atoms with van der Waals surface area (Å²) in [5, 5.41) is 1.36. The van der Waals surface area contributed by atoms with Crippen LogP contribution in [0.15, 0.2) is 34.3 Å². The third-order valence-corrected chi connectivity index (χ3v) is 4.65. The monoisotopic (exact) mass is 358 g/mol. The third kappa shape index (κ3) is 3.00. The minimum atomic E-state index is -0.487. The summed E-state index contributed by atoms with van der Waals surface area (Å²) in [7, 11) is 0. The van der Waals surface area contributed by atoms with Crippen LogP contribution in [0, 0.1) is 12.7 Å². The van der Waals surface area contributed by atoms with E-state index in [4.69, 9.17) is 5.73 Å². The zero-order valence-corrected chi connectivity index (χ0v) is 15.3. The number of nitrogens with two attached hydrogens (primary N) is 1. The molecule has 2 aromatic heterocycles. The van der Waals surface area contributed by atoms with Gasteiger partial charge in [-0.15, -0.1) is 0 Å². The molecule has 0 aliphatic carbocycles. The van der Waals surface area contributed by atoms with Crippen LogP contribution in [0.1, 0.15) is 25.5 Å². The van der Waals surface area contributed by atoms with Gasteiger partial charge < -0.3 is 5.73 Å². The summed E-state index contributed by atoms with van der Waals surface area (Å²) in [5.74, 6) is -0.487. The van der Waals surface area contributed by atoms with Gasteiger partial charge in [0.1, 0.15) is 11.5 Å². The summed E-state index contributed by atoms with van der Waals surface area (Å²) in [5.41, 5.74) is 7.88. The topological polar surface area (TPSA) is 73.8 Å². The Kier molecular flexibility index (Phi) is 4.51. The summed E-state index contributed by atoms with van der Waals surface area (Å²) < 4.78 is 15.3. The fourth-order valence-corrected chi connectivity index (χ4v) is 3.19. The van der Waals surface area contributed by atoms with Gasteiger partial charge in [0.05, 0.1) is 5.69 Å². The number of anilines is 1. The first-order valence-electron chi connectivity index (χ1n) is 7.85. The van der Waals surface area contributed by atoms with Gasteiger partial charge in [-0.2, -0.15) is 0 Å². The predicted molar refractivity (Wildman–Crippen MR) is 101 cm³/mol. The quantitative estimate of drug-likeness (QED) is 0.438. The van der Waals surface area contributed by atoms with Gasteiger partial charge in [-0.3, -0.25) is 9.36 Å². The minimum absolute atomic E-state index is 0.0187. The van der Waals surface area contributed by atoms with E-state index in [0.717, 1.165) is 5.39 Å². The number of thioether (sulfide) groups is 1. The Hall–Kier alpha value is -2.41. The molecule has 0 fully saturated rings. The molecule has 0 radical (unpaired) electrons. The number of fused-ring (bicyclic) bond motifs is 1. The van der Waals surface area contributed by atoms with E-state index < -0.39 is 5.82 Å². The lowest BCUT2D eigenvalue weighted by atomic mass is 9.99. The zero-order chi connectivity index (χ0) is 18.3. The first-order valence-corrected chi connectivity index (χ1v) is 9.08. The molecule has 2 N–H and O–H groups in total. The maximum atomic E-state index is 13.7. The second-order valence-corrected chi connectivity index (χ2v) is 6.92. The Bertz CT molecular complexity index is 1030. The Balaban J connectivity index is 2.40. The van der Waals surface area contributed by atoms with Crippen LogP contribution in [0.4, 0.5) is 10.1 Å². The maximum Gasteiger partial charge on any atom is 0.260 e. The zero-order valence-electron chi connectivity index (χ0n) is 14.5. The highest BCUT2D eigenvalue weighted by molar-refractivity contribution is 7.98. The minimum Gasteiger partial charge on any atom is -0.396 e. The van der Waals surface area contributed by atoms with E-state index in [0.29, 0.717) is 27.5 Å². The van der Waals surface area contributed by atoms with E-state index in [9.17, 15) is 9.18 Å². The number of hydrogen-bond acceptors (Lipinski definition) is 5. The number of nitrogen functional groups attached to an aromatic ring is 1. The average Bonchev–Trinajstić information content (AvgIpc) is 2.57. The van der Waals surface area contributed by atoms with Crippen LogP contribution in [0.3, 0.4) is 0 Å². The summed E-state index contributed by atoms with van der Waals surface area (Å²) in [6.07, 6.45) is 3.59. The van der Waals surface area contributed by atoms with E-state index in [1.807, 2.05) is 20.1 Å². The maximum absolute atomic E-state index is 13.7. The molecule has 0 unspecified atom stereocenters. The van der Waals surface area contributed by atoms with Crippen LogP contribution in [0.25, 0.3) is 22.2 Å². The van der Waals surface area contributed by atoms with Crippen molar-refractivity contribution in [3.8, 4) is 11.1 Å². The van der Waals surface area contributed by atoms with Gasteiger partial charge in [-0.05, 0) is 56.4 Å². The lowest BCUT2D eigenvalue weighted by Gasteiger charge is -2.16. The van der Waals surface area contributed by atoms with Gasteiger partial charge in [-0.1, -0.05) is 11.8 Å². The average molecular weight is 358 g/mol. The molecule has 0 atom stereocenters. The Morgan fingerprint density at radius 2 is 1.96 bits per heavy atom. The molecule has 0 amide bonds. The number of benzene rings is 1. The number of halogens is 1. The Labute approximate surface area is 149 Å². The molecule has 0 aliphatic rings. The van der Waals surface area contributed by atoms with Crippen molar-refractivity contribution in [2.75, 3.05) is 12.0 Å². The first-order chi connectivity index (χ1) is 11.8. The summed E-state index contributed by atoms with van der Waals surface area (Å²) in [6, 6.07) is 4.52. The molecule has 3 aromatic rings. The normalized spacial score (nSPS) is 11.4. The highest BCUT2D eigenvalue weighted by Gasteiger charge is 2.17. The van der Waals surface area contributed by atoms with E-state index in [-0.39, 0.29) is 17.3 Å². The lowest BCUT2D eigenvalue weighted by Crippen LogP contribution is -2.25. The van der Waals surface area contributed by atoms with Crippen molar-refractivity contribution in [2.24, 2.45) is 0 Å². The highest BCUT2D eigenvalue weighted by Crippen LogP contribution is 2.28. The van der Waals surface area contributed by atoms with E-state index >= 15 is 0 Å². The number of pyridine rings is 1. The molecule has 3 rings (SSSR count). The molecule has 1 aromatic carbocycles. The summed E-state index contributed by atoms with van der Waals surface area (Å²) in [6.45, 7) is 5.61. The van der Waals surface area contributed by atoms with Gasteiger partial charge in [0.2, 0.25) is 0 Å². The second-order valence-electron chi connectivity index (χ2n) is 6.15. The van der Waals surface area contributed by atoms with Crippen molar-refractivity contribution in [3.63, 3.8) is 0 Å². The van der Waals surface area contributed by atoms with Crippen molar-refractivity contribution >= 4 is 28.5 Å². The molecule has 0 spiro atoms. The molecule has 7 heteroatoms. The fraction of sp³-hybridized carbons (Fsp3) is 0.278. The summed E-state index contributed by atoms with van der Waals surface area (Å²) in [4.78, 5) is 21.9. The van der Waals surface area contributed by atoms with Crippen LogP contribution in [0.2, 0.25) is 0 Å². The van der Waals surface area contributed by atoms with E-state index in [2.05, 4.69) is 9.97 Å². The molecular formula is C18H19FN4OS. The van der Waals surface area contributed by atoms with Gasteiger partial charge in [-0.25, -0.2) is 14.4 Å². The Morgan fingerprint density at radius 1 is 1.24 bits per heavy atom. The van der Waals surface area contributed by atoms with Crippen molar-refractivity contribution in [1.82, 2.24) is 14.5 Å². The third-order valence-electron chi connectivity index (χ3n) is 4.08. The molecule has 2 heterocycles. The summed E-state index contributed by atoms with van der Waals surface area (Å²) >= 11 is 1.42. The molecule has 5 nitrogen and oxygen atoms in total. The van der Waals surface area contributed by atoms with Crippen molar-refractivity contribution in [3.05, 3.63) is 46.1 Å². The number of hydrogen-bond donors (Lipinski definition) is 1. The molecule has 25 heavy (non-hydrogen) atoms. The van der Waals surface area contributed by atoms with Gasteiger partial charge >= 0.3 is 0 Å². The van der Waals surface area contributed by atoms with Crippen LogP contribution in [-0.2, 0) is 0 Å². The number of nitrogens with zero attached hydrogens (tertiary/aromatic N) is 3. The fourth-order valence-electron chi connectivity index (χ4n) is 2.85. The molecule has 0 saturated heterocycles. The van der Waals surface area contributed by atoms with Crippen LogP contribution in [-0.4, -0.2) is 20.8 Å². The second kappa shape index (κ2) is 6.48. The van der Waals surface area contributed by atoms with Gasteiger partial charge in [0, 0.05) is 23.2 Å². The van der Waals surface area contributed by atoms with E-state index in [1.165, 1.54) is 23.9 Å². The number of rotatable bonds is 3. The van der Waals surface area contributed by atoms with Gasteiger partial charge in [0.25, 0.3) is 5.56 Å². The SMILES string of the molecule is CSc1ncc2cc(-c3cc(N)c(F)cc3C)c(=O)n(C(C)C)c2n1. The molecular weight excluding hydrogens is 339 g/mol. The van der Waals surface area contributed by atoms with Crippen LogP contribution >= 0.6 is 11.8 Å². The number of aromatic nitrogens is 3. The molecule has 130 valence electrons. The van der Waals surface area contributed by atoms with Crippen LogP contribution in [0.5, 0.6) is 0 Å². The smallest absolute Gasteiger partial charge is 0.260 e. The molecule has 0 saturated carbocycles. The first kappa shape index (κ1) is 17.4. The van der Waals surface area contributed by atoms with Crippen molar-refractivity contribution in [1.29, 1.82) is 0 Å². The van der Waals surface area contributed by atoms with Crippen molar-refractivity contribution in [2.45, 2.75) is 32.0 Å². The number of aryl methyl sites for hydroxylation is 1. The van der Waals surface area contributed by atoms with Crippen LogP contribution < -0.4 is 11.3 Å². The Morgan fingerprint density at radius 3 is 2.60 bits per heavy atom.